The molecule has 2 fully saturated rings. The number of aromatic nitrogens is 3. The summed E-state index contributed by atoms with van der Waals surface area (Å²) in [4.78, 5) is 30.0. The van der Waals surface area contributed by atoms with Crippen LogP contribution in [0.5, 0.6) is 17.4 Å². The van der Waals surface area contributed by atoms with Gasteiger partial charge in [-0.15, -0.1) is 0 Å². The SMILES string of the molecule is CC1(C)CCC(CN2CCN(c3ccc(C(=O)NS(=O)(=O)c4cnc(OCC5CCC(C)(O)CC5)c(Cl)c4)c(Oc4cnc5[nH]ccc5c4)c3)CC2)=C(c2ccc(Cl)cc2)C1. The molecule has 5 aromatic rings. The summed E-state index contributed by atoms with van der Waals surface area (Å²) in [5.74, 6) is 0.00258. The molecule has 15 heteroatoms. The first-order valence-corrected chi connectivity index (χ1v) is 23.1. The van der Waals surface area contributed by atoms with E-state index < -0.39 is 21.5 Å². The van der Waals surface area contributed by atoms with Gasteiger partial charge in [-0.25, -0.2) is 23.1 Å². The molecule has 8 rings (SSSR count). The maximum atomic E-state index is 13.9. The van der Waals surface area contributed by atoms with Gasteiger partial charge in [0.1, 0.15) is 27.1 Å². The third kappa shape index (κ3) is 10.3. The van der Waals surface area contributed by atoms with Gasteiger partial charge in [-0.1, -0.05) is 54.8 Å². The highest BCUT2D eigenvalue weighted by molar-refractivity contribution is 7.90. The van der Waals surface area contributed by atoms with E-state index in [1.54, 1.807) is 30.6 Å². The number of H-pyrrole nitrogens is 1. The lowest BCUT2D eigenvalue weighted by Gasteiger charge is -2.39. The lowest BCUT2D eigenvalue weighted by Crippen LogP contribution is -2.47. The van der Waals surface area contributed by atoms with Gasteiger partial charge >= 0.3 is 0 Å². The Bertz CT molecular complexity index is 2540. The number of carbonyl (C=O) groups is 1. The molecule has 0 unspecified atom stereocenters. The second kappa shape index (κ2) is 17.6. The summed E-state index contributed by atoms with van der Waals surface area (Å²) in [6.45, 7) is 11.0. The molecule has 0 bridgehead atoms. The molecule has 3 N–H and O–H groups in total. The Kier molecular flexibility index (Phi) is 12.4. The van der Waals surface area contributed by atoms with Crippen molar-refractivity contribution in [3.63, 3.8) is 0 Å². The summed E-state index contributed by atoms with van der Waals surface area (Å²) >= 11 is 12.7. The fourth-order valence-corrected chi connectivity index (χ4v) is 9.89. The van der Waals surface area contributed by atoms with E-state index in [0.717, 1.165) is 87.1 Å². The van der Waals surface area contributed by atoms with Crippen molar-refractivity contribution in [3.05, 3.63) is 106 Å². The van der Waals surface area contributed by atoms with E-state index in [4.69, 9.17) is 32.7 Å². The summed E-state index contributed by atoms with van der Waals surface area (Å²) in [5.41, 5.74) is 5.27. The number of fused-ring (bicyclic) bond motifs is 1. The zero-order valence-electron chi connectivity index (χ0n) is 34.7. The van der Waals surface area contributed by atoms with Gasteiger partial charge in [0.05, 0.1) is 30.2 Å². The first-order chi connectivity index (χ1) is 29.1. The highest BCUT2D eigenvalue weighted by Crippen LogP contribution is 2.43. The molecule has 3 aromatic heterocycles. The number of nitrogens with one attached hydrogen (secondary N) is 2. The first-order valence-electron chi connectivity index (χ1n) is 20.9. The summed E-state index contributed by atoms with van der Waals surface area (Å²) in [7, 11) is -4.41. The molecule has 0 atom stereocenters. The van der Waals surface area contributed by atoms with Gasteiger partial charge in [0, 0.05) is 61.1 Å². The second-order valence-corrected chi connectivity index (χ2v) is 20.2. The summed E-state index contributed by atoms with van der Waals surface area (Å²) in [6.07, 6.45) is 10.6. The van der Waals surface area contributed by atoms with Crippen LogP contribution in [0.4, 0.5) is 5.69 Å². The van der Waals surface area contributed by atoms with Crippen LogP contribution in [0.3, 0.4) is 0 Å². The molecule has 4 heterocycles. The minimum atomic E-state index is -4.41. The molecule has 0 radical (unpaired) electrons. The van der Waals surface area contributed by atoms with Crippen molar-refractivity contribution < 1.29 is 27.8 Å². The molecule has 1 saturated heterocycles. The average molecular weight is 888 g/mol. The highest BCUT2D eigenvalue weighted by Gasteiger charge is 2.31. The number of hydrogen-bond donors (Lipinski definition) is 3. The first kappa shape index (κ1) is 43.0. The Morgan fingerprint density at radius 1 is 0.951 bits per heavy atom. The van der Waals surface area contributed by atoms with Crippen LogP contribution in [0.15, 0.2) is 89.7 Å². The van der Waals surface area contributed by atoms with Crippen LogP contribution in [0.2, 0.25) is 10.0 Å². The number of aliphatic hydroxyl groups is 1. The highest BCUT2D eigenvalue weighted by atomic mass is 35.5. The predicted molar refractivity (Wildman–Crippen MR) is 239 cm³/mol. The number of ether oxygens (including phenoxy) is 2. The number of sulfonamides is 1. The number of carbonyl (C=O) groups excluding carboxylic acids is 1. The number of rotatable bonds is 12. The standard InChI is InChI=1S/C46H52Cl2N6O6S/c1-45(2)14-12-33(39(25-45)31-4-6-34(47)7-5-31)28-53-18-20-54(21-19-53)35-8-9-38(41(23-35)60-36-22-32-13-17-49-42(32)50-26-36)43(55)52-61(57,58)37-24-40(48)44(51-27-37)59-29-30-10-15-46(3,56)16-11-30/h4-9,13,17,22-24,26-27,30,56H,10-12,14-16,18-21,25,28-29H2,1-3H3,(H,49,50)(H,52,55). The van der Waals surface area contributed by atoms with E-state index in [9.17, 15) is 18.3 Å². The number of amides is 1. The van der Waals surface area contributed by atoms with E-state index in [0.29, 0.717) is 30.8 Å². The quantitative estimate of drug-likeness (QED) is 0.111. The van der Waals surface area contributed by atoms with Crippen molar-refractivity contribution in [1.29, 1.82) is 0 Å². The summed E-state index contributed by atoms with van der Waals surface area (Å²) in [6, 6.07) is 18.3. The lowest BCUT2D eigenvalue weighted by molar-refractivity contribution is 0.00127. The molecule has 12 nitrogen and oxygen atoms in total. The molecule has 1 saturated carbocycles. The maximum Gasteiger partial charge on any atom is 0.268 e. The van der Waals surface area contributed by atoms with E-state index in [1.165, 1.54) is 22.8 Å². The van der Waals surface area contributed by atoms with Crippen LogP contribution < -0.4 is 19.1 Å². The Hall–Kier alpha value is -4.66. The molecule has 1 aliphatic heterocycles. The normalized spacial score (nSPS) is 21.1. The molecule has 2 aromatic carbocycles. The van der Waals surface area contributed by atoms with Crippen LogP contribution in [-0.4, -0.2) is 84.2 Å². The van der Waals surface area contributed by atoms with Gasteiger partial charge in [-0.3, -0.25) is 9.69 Å². The van der Waals surface area contributed by atoms with Crippen LogP contribution in [-0.2, 0) is 10.0 Å². The van der Waals surface area contributed by atoms with Crippen molar-refractivity contribution in [2.75, 3.05) is 44.2 Å². The molecule has 0 spiro atoms. The van der Waals surface area contributed by atoms with Gasteiger partial charge < -0.3 is 24.5 Å². The van der Waals surface area contributed by atoms with Crippen LogP contribution >= 0.6 is 23.2 Å². The largest absolute Gasteiger partial charge is 0.476 e. The Morgan fingerprint density at radius 3 is 2.44 bits per heavy atom. The monoisotopic (exact) mass is 886 g/mol. The van der Waals surface area contributed by atoms with Crippen LogP contribution in [0.25, 0.3) is 16.6 Å². The topological polar surface area (TPSA) is 150 Å². The Morgan fingerprint density at radius 2 is 1.70 bits per heavy atom. The zero-order chi connectivity index (χ0) is 42.9. The molecule has 1 amide bonds. The van der Waals surface area contributed by atoms with Crippen molar-refractivity contribution in [2.45, 2.75) is 76.2 Å². The van der Waals surface area contributed by atoms with Gasteiger partial charge in [0.2, 0.25) is 5.88 Å². The van der Waals surface area contributed by atoms with Crippen molar-refractivity contribution in [3.8, 4) is 17.4 Å². The number of benzene rings is 2. The Labute approximate surface area is 367 Å². The van der Waals surface area contributed by atoms with E-state index in [2.05, 4.69) is 55.5 Å². The fraction of sp³-hybridized carbons (Fsp3) is 0.413. The molecular weight excluding hydrogens is 836 g/mol. The smallest absolute Gasteiger partial charge is 0.268 e. The summed E-state index contributed by atoms with van der Waals surface area (Å²) in [5, 5.41) is 11.8. The third-order valence-corrected chi connectivity index (χ3v) is 14.1. The number of hydrogen-bond acceptors (Lipinski definition) is 10. The number of aromatic amines is 1. The van der Waals surface area contributed by atoms with Gasteiger partial charge in [-0.05, 0) is 117 Å². The second-order valence-electron chi connectivity index (χ2n) is 17.7. The third-order valence-electron chi connectivity index (χ3n) is 12.3. The van der Waals surface area contributed by atoms with Gasteiger partial charge in [0.25, 0.3) is 15.9 Å². The summed E-state index contributed by atoms with van der Waals surface area (Å²) < 4.78 is 41.6. The van der Waals surface area contributed by atoms with Crippen molar-refractivity contribution in [2.24, 2.45) is 11.3 Å². The predicted octanol–water partition coefficient (Wildman–Crippen LogP) is 9.28. The number of pyridine rings is 2. The fourth-order valence-electron chi connectivity index (χ4n) is 8.54. The number of piperazine rings is 1. The minimum Gasteiger partial charge on any atom is -0.476 e. The van der Waals surface area contributed by atoms with Crippen LogP contribution in [0.1, 0.15) is 81.6 Å². The van der Waals surface area contributed by atoms with Crippen LogP contribution in [0, 0.1) is 11.3 Å². The molecule has 322 valence electrons. The molecule has 61 heavy (non-hydrogen) atoms. The molecule has 2 aliphatic carbocycles. The number of anilines is 1. The van der Waals surface area contributed by atoms with E-state index in [1.807, 2.05) is 31.2 Å². The average Bonchev–Trinajstić information content (AvgIpc) is 3.70. The van der Waals surface area contributed by atoms with E-state index >= 15 is 0 Å². The van der Waals surface area contributed by atoms with Gasteiger partial charge in [-0.2, -0.15) is 0 Å². The molecule has 3 aliphatic rings. The van der Waals surface area contributed by atoms with E-state index in [-0.39, 0.29) is 38.4 Å². The van der Waals surface area contributed by atoms with Crippen molar-refractivity contribution >= 4 is 61.4 Å². The number of allylic oxidation sites excluding steroid dienone is 1. The van der Waals surface area contributed by atoms with Crippen molar-refractivity contribution in [1.82, 2.24) is 24.6 Å². The van der Waals surface area contributed by atoms with Gasteiger partial charge in [0.15, 0.2) is 0 Å². The zero-order valence-corrected chi connectivity index (χ0v) is 37.0. The maximum absolute atomic E-state index is 13.9. The Balaban J connectivity index is 0.974. The number of nitrogens with zero attached hydrogens (tertiary/aromatic N) is 4. The number of halogens is 2. The minimum absolute atomic E-state index is 0.000613. The lowest BCUT2D eigenvalue weighted by atomic mass is 9.72. The molecular formula is C46H52Cl2N6O6S.